The van der Waals surface area contributed by atoms with Gasteiger partial charge in [-0.25, -0.2) is 0 Å². The molecule has 1 aliphatic heterocycles. The van der Waals surface area contributed by atoms with E-state index < -0.39 is 11.9 Å². The van der Waals surface area contributed by atoms with Crippen molar-refractivity contribution in [3.05, 3.63) is 0 Å². The number of nitrogens with zero attached hydrogens (tertiary/aromatic N) is 1. The van der Waals surface area contributed by atoms with Crippen LogP contribution in [0.2, 0.25) is 0 Å². The lowest BCUT2D eigenvalue weighted by molar-refractivity contribution is -0.143. The highest BCUT2D eigenvalue weighted by atomic mass is 16.4. The van der Waals surface area contributed by atoms with Crippen LogP contribution in [0.25, 0.3) is 0 Å². The molecule has 0 bridgehead atoms. The third-order valence-electron chi connectivity index (χ3n) is 4.57. The largest absolute Gasteiger partial charge is 0.481 e. The van der Waals surface area contributed by atoms with E-state index in [1.54, 1.807) is 0 Å². The Balaban J connectivity index is 2.07. The maximum Gasteiger partial charge on any atom is 0.307 e. The molecule has 102 valence electrons. The van der Waals surface area contributed by atoms with Crippen LogP contribution in [-0.4, -0.2) is 35.0 Å². The summed E-state index contributed by atoms with van der Waals surface area (Å²) in [4.78, 5) is 25.4. The zero-order valence-corrected chi connectivity index (χ0v) is 11.7. The van der Waals surface area contributed by atoms with Gasteiger partial charge in [-0.3, -0.25) is 9.59 Å². The molecule has 1 saturated carbocycles. The second-order valence-electron chi connectivity index (χ2n) is 7.14. The zero-order valence-electron chi connectivity index (χ0n) is 11.7. The predicted octanol–water partition coefficient (Wildman–Crippen LogP) is 1.99. The van der Waals surface area contributed by atoms with E-state index in [1.165, 1.54) is 0 Å². The van der Waals surface area contributed by atoms with Crippen molar-refractivity contribution < 1.29 is 14.7 Å². The van der Waals surface area contributed by atoms with Gasteiger partial charge in [0.05, 0.1) is 11.8 Å². The molecule has 1 heterocycles. The van der Waals surface area contributed by atoms with Gasteiger partial charge in [-0.1, -0.05) is 27.7 Å². The first kappa shape index (κ1) is 13.4. The monoisotopic (exact) mass is 253 g/mol. The lowest BCUT2D eigenvalue weighted by atomic mass is 9.84. The summed E-state index contributed by atoms with van der Waals surface area (Å²) in [6.07, 6.45) is 2.15. The average Bonchev–Trinajstić information content (AvgIpc) is 2.79. The maximum atomic E-state index is 12.4. The Morgan fingerprint density at radius 3 is 2.22 bits per heavy atom. The lowest BCUT2D eigenvalue weighted by Crippen LogP contribution is -2.44. The summed E-state index contributed by atoms with van der Waals surface area (Å²) in [5, 5.41) is 9.14. The molecule has 2 rings (SSSR count). The number of carbonyl (C=O) groups excluding carboxylic acids is 1. The highest BCUT2D eigenvalue weighted by Crippen LogP contribution is 2.59. The molecule has 2 atom stereocenters. The van der Waals surface area contributed by atoms with Crippen LogP contribution in [0.4, 0.5) is 0 Å². The number of amides is 1. The van der Waals surface area contributed by atoms with E-state index >= 15 is 0 Å². The number of carbonyl (C=O) groups is 2. The molecule has 1 aliphatic carbocycles. The summed E-state index contributed by atoms with van der Waals surface area (Å²) in [7, 11) is 0. The van der Waals surface area contributed by atoms with Gasteiger partial charge in [-0.05, 0) is 23.7 Å². The Labute approximate surface area is 108 Å². The highest BCUT2D eigenvalue weighted by molar-refractivity contribution is 5.91. The topological polar surface area (TPSA) is 57.6 Å². The van der Waals surface area contributed by atoms with Gasteiger partial charge in [0.15, 0.2) is 0 Å². The van der Waals surface area contributed by atoms with E-state index in [0.29, 0.717) is 0 Å². The molecule has 4 nitrogen and oxygen atoms in total. The number of aliphatic carboxylic acids is 1. The number of hydrogen-bond acceptors (Lipinski definition) is 2. The molecule has 0 aromatic rings. The maximum absolute atomic E-state index is 12.4. The van der Waals surface area contributed by atoms with Crippen molar-refractivity contribution in [3.63, 3.8) is 0 Å². The first-order valence-corrected chi connectivity index (χ1v) is 6.68. The van der Waals surface area contributed by atoms with Crippen LogP contribution in [0, 0.1) is 22.7 Å². The number of carboxylic acid groups (broad SMARTS) is 1. The second kappa shape index (κ2) is 3.97. The van der Waals surface area contributed by atoms with Crippen LogP contribution in [0.1, 0.15) is 40.5 Å². The quantitative estimate of drug-likeness (QED) is 0.818. The number of hydrogen-bond donors (Lipinski definition) is 1. The SMILES string of the molecule is CC1(C)CCCN(C(=O)C2C(C(=O)O)C2(C)C)C1. The molecule has 18 heavy (non-hydrogen) atoms. The van der Waals surface area contributed by atoms with Gasteiger partial charge >= 0.3 is 5.97 Å². The molecule has 0 aromatic heterocycles. The molecule has 0 radical (unpaired) electrons. The molecule has 0 aromatic carbocycles. The summed E-state index contributed by atoms with van der Waals surface area (Å²) in [5.74, 6) is -1.63. The average molecular weight is 253 g/mol. The van der Waals surface area contributed by atoms with Crippen molar-refractivity contribution in [3.8, 4) is 0 Å². The van der Waals surface area contributed by atoms with E-state index in [9.17, 15) is 9.59 Å². The fourth-order valence-corrected chi connectivity index (χ4v) is 3.37. The summed E-state index contributed by atoms with van der Waals surface area (Å²) in [6.45, 7) is 9.62. The molecule has 2 fully saturated rings. The van der Waals surface area contributed by atoms with Crippen LogP contribution in [0.15, 0.2) is 0 Å². The van der Waals surface area contributed by atoms with E-state index in [0.717, 1.165) is 25.9 Å². The van der Waals surface area contributed by atoms with Crippen molar-refractivity contribution in [2.45, 2.75) is 40.5 Å². The molecule has 1 N–H and O–H groups in total. The third kappa shape index (κ3) is 2.13. The van der Waals surface area contributed by atoms with Gasteiger partial charge in [-0.2, -0.15) is 0 Å². The number of likely N-dealkylation sites (tertiary alicyclic amines) is 1. The standard InChI is InChI=1S/C14H23NO3/c1-13(2)6-5-7-15(8-13)11(16)9-10(12(17)18)14(9,3)4/h9-10H,5-8H2,1-4H3,(H,17,18). The van der Waals surface area contributed by atoms with Gasteiger partial charge in [0, 0.05) is 13.1 Å². The fraction of sp³-hybridized carbons (Fsp3) is 0.857. The molecule has 4 heteroatoms. The fourth-order valence-electron chi connectivity index (χ4n) is 3.37. The molecular formula is C14H23NO3. The minimum atomic E-state index is -0.838. The van der Waals surface area contributed by atoms with E-state index in [4.69, 9.17) is 5.11 Å². The zero-order chi connectivity index (χ0) is 13.7. The van der Waals surface area contributed by atoms with Crippen LogP contribution >= 0.6 is 0 Å². The van der Waals surface area contributed by atoms with Gasteiger partial charge < -0.3 is 10.0 Å². The Bertz CT molecular complexity index is 387. The van der Waals surface area contributed by atoms with Crippen LogP contribution in [-0.2, 0) is 9.59 Å². The number of carboxylic acids is 1. The van der Waals surface area contributed by atoms with Crippen LogP contribution in [0.3, 0.4) is 0 Å². The second-order valence-corrected chi connectivity index (χ2v) is 7.14. The first-order valence-electron chi connectivity index (χ1n) is 6.68. The van der Waals surface area contributed by atoms with Gasteiger partial charge in [-0.15, -0.1) is 0 Å². The number of piperidine rings is 1. The summed E-state index contributed by atoms with van der Waals surface area (Å²) >= 11 is 0. The molecule has 2 aliphatic rings. The summed E-state index contributed by atoms with van der Waals surface area (Å²) in [5.41, 5.74) is -0.226. The molecule has 1 saturated heterocycles. The Morgan fingerprint density at radius 1 is 1.17 bits per heavy atom. The Hall–Kier alpha value is -1.06. The number of rotatable bonds is 2. The van der Waals surface area contributed by atoms with Crippen LogP contribution in [0.5, 0.6) is 0 Å². The highest BCUT2D eigenvalue weighted by Gasteiger charge is 2.66. The molecule has 2 unspecified atom stereocenters. The van der Waals surface area contributed by atoms with E-state index in [2.05, 4.69) is 13.8 Å². The van der Waals surface area contributed by atoms with E-state index in [1.807, 2.05) is 18.7 Å². The Morgan fingerprint density at radius 2 is 1.78 bits per heavy atom. The van der Waals surface area contributed by atoms with Crippen LogP contribution < -0.4 is 0 Å². The third-order valence-corrected chi connectivity index (χ3v) is 4.57. The smallest absolute Gasteiger partial charge is 0.307 e. The van der Waals surface area contributed by atoms with Crippen molar-refractivity contribution in [2.75, 3.05) is 13.1 Å². The van der Waals surface area contributed by atoms with Crippen molar-refractivity contribution in [2.24, 2.45) is 22.7 Å². The van der Waals surface area contributed by atoms with Crippen molar-refractivity contribution >= 4 is 11.9 Å². The first-order chi connectivity index (χ1) is 8.17. The minimum Gasteiger partial charge on any atom is -0.481 e. The van der Waals surface area contributed by atoms with E-state index in [-0.39, 0.29) is 22.7 Å². The Kier molecular flexibility index (Phi) is 2.95. The van der Waals surface area contributed by atoms with Gasteiger partial charge in [0.1, 0.15) is 0 Å². The van der Waals surface area contributed by atoms with Crippen molar-refractivity contribution in [1.82, 2.24) is 4.90 Å². The predicted molar refractivity (Wildman–Crippen MR) is 68.0 cm³/mol. The normalized spacial score (nSPS) is 33.0. The van der Waals surface area contributed by atoms with Gasteiger partial charge in [0.25, 0.3) is 0 Å². The summed E-state index contributed by atoms with van der Waals surface area (Å²) in [6, 6.07) is 0. The molecular weight excluding hydrogens is 230 g/mol. The molecule has 1 amide bonds. The van der Waals surface area contributed by atoms with Crippen molar-refractivity contribution in [1.29, 1.82) is 0 Å². The van der Waals surface area contributed by atoms with Gasteiger partial charge in [0.2, 0.25) is 5.91 Å². The minimum absolute atomic E-state index is 0.0418. The lowest BCUT2D eigenvalue weighted by Gasteiger charge is -2.38. The molecule has 0 spiro atoms. The summed E-state index contributed by atoms with van der Waals surface area (Å²) < 4.78 is 0.